The summed E-state index contributed by atoms with van der Waals surface area (Å²) in [4.78, 5) is 8.11. The van der Waals surface area contributed by atoms with Gasteiger partial charge in [0.2, 0.25) is 5.95 Å². The fraction of sp³-hybridized carbons (Fsp3) is 0.158. The van der Waals surface area contributed by atoms with Gasteiger partial charge in [-0.25, -0.2) is 9.37 Å². The van der Waals surface area contributed by atoms with E-state index in [4.69, 9.17) is 32.7 Å². The van der Waals surface area contributed by atoms with E-state index in [9.17, 15) is 9.50 Å². The van der Waals surface area contributed by atoms with Gasteiger partial charge in [-0.2, -0.15) is 4.98 Å². The second-order valence-electron chi connectivity index (χ2n) is 5.79. The number of methoxy groups -OCH3 is 2. The van der Waals surface area contributed by atoms with E-state index in [0.29, 0.717) is 38.5 Å². The molecule has 0 bridgehead atoms. The molecule has 0 aliphatic heterocycles. The molecule has 0 aliphatic rings. The average molecular weight is 439 g/mol. The zero-order valence-electron chi connectivity index (χ0n) is 15.5. The van der Waals surface area contributed by atoms with Crippen molar-refractivity contribution in [2.75, 3.05) is 24.9 Å². The number of ether oxygens (including phenoxy) is 2. The van der Waals surface area contributed by atoms with Crippen molar-refractivity contribution in [3.8, 4) is 11.5 Å². The number of aliphatic hydroxyl groups is 1. The minimum atomic E-state index is -0.654. The third-order valence-corrected chi connectivity index (χ3v) is 4.60. The van der Waals surface area contributed by atoms with E-state index in [1.54, 1.807) is 30.3 Å². The fourth-order valence-corrected chi connectivity index (χ4v) is 2.95. The summed E-state index contributed by atoms with van der Waals surface area (Å²) in [6.07, 6.45) is 1.03. The number of aliphatic hydroxyl groups excluding tert-OH is 1. The van der Waals surface area contributed by atoms with Crippen molar-refractivity contribution in [3.63, 3.8) is 0 Å². The van der Waals surface area contributed by atoms with Crippen molar-refractivity contribution < 1.29 is 19.0 Å². The van der Waals surface area contributed by atoms with Gasteiger partial charge in [-0.15, -0.1) is 0 Å². The lowest BCUT2D eigenvalue weighted by Gasteiger charge is -2.14. The Balaban J connectivity index is 1.89. The Hall–Kier alpha value is -2.81. The van der Waals surface area contributed by atoms with Crippen LogP contribution in [-0.4, -0.2) is 29.3 Å². The molecule has 1 aromatic heterocycles. The summed E-state index contributed by atoms with van der Waals surface area (Å²) in [7, 11) is 2.97. The summed E-state index contributed by atoms with van der Waals surface area (Å²) in [5, 5.41) is 15.7. The Bertz CT molecular complexity index is 1040. The molecule has 0 radical (unpaired) electrons. The topological polar surface area (TPSA) is 88.5 Å². The first-order chi connectivity index (χ1) is 13.9. The van der Waals surface area contributed by atoms with Gasteiger partial charge >= 0.3 is 0 Å². The highest BCUT2D eigenvalue weighted by Gasteiger charge is 2.13. The molecule has 152 valence electrons. The molecule has 0 aliphatic carbocycles. The number of halogens is 3. The van der Waals surface area contributed by atoms with Crippen LogP contribution in [-0.2, 0) is 6.61 Å². The van der Waals surface area contributed by atoms with Crippen molar-refractivity contribution in [1.82, 2.24) is 9.97 Å². The van der Waals surface area contributed by atoms with Gasteiger partial charge in [0.1, 0.15) is 11.5 Å². The van der Waals surface area contributed by atoms with Crippen LogP contribution in [0.25, 0.3) is 0 Å². The predicted molar refractivity (Wildman–Crippen MR) is 110 cm³/mol. The molecular formula is C19H17Cl2FN4O3. The van der Waals surface area contributed by atoms with Crippen molar-refractivity contribution in [2.24, 2.45) is 0 Å². The lowest BCUT2D eigenvalue weighted by Crippen LogP contribution is -2.04. The summed E-state index contributed by atoms with van der Waals surface area (Å²) in [6, 6.07) is 8.05. The Morgan fingerprint density at radius 2 is 1.79 bits per heavy atom. The number of hydrogen-bond donors (Lipinski definition) is 3. The van der Waals surface area contributed by atoms with Crippen LogP contribution in [0.4, 0.5) is 27.5 Å². The van der Waals surface area contributed by atoms with Gasteiger partial charge < -0.3 is 25.2 Å². The molecule has 3 aromatic rings. The molecule has 7 nitrogen and oxygen atoms in total. The Morgan fingerprint density at radius 1 is 1.03 bits per heavy atom. The van der Waals surface area contributed by atoms with Gasteiger partial charge in [0.15, 0.2) is 11.6 Å². The molecule has 3 N–H and O–H groups in total. The quantitative estimate of drug-likeness (QED) is 0.482. The molecule has 2 aromatic carbocycles. The van der Waals surface area contributed by atoms with Crippen LogP contribution in [0.15, 0.2) is 36.5 Å². The van der Waals surface area contributed by atoms with Crippen LogP contribution in [0.3, 0.4) is 0 Å². The van der Waals surface area contributed by atoms with Crippen molar-refractivity contribution in [1.29, 1.82) is 0 Å². The van der Waals surface area contributed by atoms with Crippen LogP contribution < -0.4 is 20.1 Å². The average Bonchev–Trinajstić information content (AvgIpc) is 2.71. The largest absolute Gasteiger partial charge is 0.495 e. The lowest BCUT2D eigenvalue weighted by molar-refractivity contribution is 0.282. The minimum absolute atomic E-state index is 0.0600. The maximum Gasteiger partial charge on any atom is 0.229 e. The Labute approximate surface area is 176 Å². The van der Waals surface area contributed by atoms with Gasteiger partial charge in [0.25, 0.3) is 0 Å². The fourth-order valence-electron chi connectivity index (χ4n) is 2.48. The maximum atomic E-state index is 14.2. The Morgan fingerprint density at radius 3 is 2.45 bits per heavy atom. The minimum Gasteiger partial charge on any atom is -0.495 e. The zero-order chi connectivity index (χ0) is 21.0. The summed E-state index contributed by atoms with van der Waals surface area (Å²) in [6.45, 7) is -0.193. The molecule has 0 spiro atoms. The smallest absolute Gasteiger partial charge is 0.229 e. The number of aromatic nitrogens is 2. The van der Waals surface area contributed by atoms with Crippen molar-refractivity contribution in [2.45, 2.75) is 6.61 Å². The molecule has 0 unspecified atom stereocenters. The first-order valence-corrected chi connectivity index (χ1v) is 9.08. The van der Waals surface area contributed by atoms with Crippen LogP contribution >= 0.6 is 23.2 Å². The molecule has 0 saturated carbocycles. The first-order valence-electron chi connectivity index (χ1n) is 8.32. The van der Waals surface area contributed by atoms with Gasteiger partial charge in [0, 0.05) is 22.8 Å². The van der Waals surface area contributed by atoms with E-state index in [1.807, 2.05) is 0 Å². The zero-order valence-corrected chi connectivity index (χ0v) is 17.0. The van der Waals surface area contributed by atoms with E-state index >= 15 is 0 Å². The van der Waals surface area contributed by atoms with Gasteiger partial charge in [-0.1, -0.05) is 29.3 Å². The summed E-state index contributed by atoms with van der Waals surface area (Å²) in [5.74, 6) is 0.266. The molecule has 0 atom stereocenters. The molecule has 0 amide bonds. The van der Waals surface area contributed by atoms with Crippen molar-refractivity contribution in [3.05, 3.63) is 58.0 Å². The summed E-state index contributed by atoms with van der Waals surface area (Å²) >= 11 is 12.2. The van der Waals surface area contributed by atoms with Crippen LogP contribution in [0.2, 0.25) is 10.0 Å². The Kier molecular flexibility index (Phi) is 6.58. The second-order valence-corrected chi connectivity index (χ2v) is 6.61. The molecular weight excluding hydrogens is 422 g/mol. The molecule has 1 heterocycles. The van der Waals surface area contributed by atoms with E-state index in [0.717, 1.165) is 6.20 Å². The highest BCUT2D eigenvalue weighted by Crippen LogP contribution is 2.37. The van der Waals surface area contributed by atoms with Crippen LogP contribution in [0.1, 0.15) is 5.56 Å². The lowest BCUT2D eigenvalue weighted by atomic mass is 10.2. The molecule has 29 heavy (non-hydrogen) atoms. The van der Waals surface area contributed by atoms with E-state index < -0.39 is 5.82 Å². The standard InChI is InChI=1S/C19H17Cl2FN4O3/c1-28-16-7-15(17(29-2)6-13(16)21)25-19-23-8-14(22)18(26-19)24-11-4-3-10(9-27)12(20)5-11/h3-8,27H,9H2,1-2H3,(H2,23,24,25,26). The van der Waals surface area contributed by atoms with Gasteiger partial charge in [-0.05, 0) is 17.7 Å². The highest BCUT2D eigenvalue weighted by molar-refractivity contribution is 6.32. The van der Waals surface area contributed by atoms with Crippen molar-refractivity contribution >= 4 is 46.3 Å². The maximum absolute atomic E-state index is 14.2. The molecule has 10 heteroatoms. The number of benzene rings is 2. The number of nitrogens with zero attached hydrogens (tertiary/aromatic N) is 2. The first kappa shape index (κ1) is 20.9. The molecule has 0 fully saturated rings. The van der Waals surface area contributed by atoms with Crippen LogP contribution in [0, 0.1) is 5.82 Å². The third-order valence-electron chi connectivity index (χ3n) is 3.95. The summed E-state index contributed by atoms with van der Waals surface area (Å²) in [5.41, 5.74) is 1.55. The van der Waals surface area contributed by atoms with Gasteiger partial charge in [0.05, 0.1) is 37.7 Å². The molecule has 3 rings (SSSR count). The van der Waals surface area contributed by atoms with E-state index in [-0.39, 0.29) is 18.4 Å². The third kappa shape index (κ3) is 4.79. The normalized spacial score (nSPS) is 10.6. The number of anilines is 4. The highest BCUT2D eigenvalue weighted by atomic mass is 35.5. The SMILES string of the molecule is COc1cc(Nc2ncc(F)c(Nc3ccc(CO)c(Cl)c3)n2)c(OC)cc1Cl. The van der Waals surface area contributed by atoms with Crippen LogP contribution in [0.5, 0.6) is 11.5 Å². The van der Waals surface area contributed by atoms with Gasteiger partial charge in [-0.3, -0.25) is 0 Å². The van der Waals surface area contributed by atoms with E-state index in [2.05, 4.69) is 20.6 Å². The second kappa shape index (κ2) is 9.13. The number of rotatable bonds is 7. The molecule has 0 saturated heterocycles. The monoisotopic (exact) mass is 438 g/mol. The summed E-state index contributed by atoms with van der Waals surface area (Å²) < 4.78 is 24.7. The van der Waals surface area contributed by atoms with E-state index in [1.165, 1.54) is 14.2 Å². The predicted octanol–water partition coefficient (Wildman–Crippen LogP) is 4.92. The number of nitrogens with one attached hydrogen (secondary N) is 2. The number of hydrogen-bond acceptors (Lipinski definition) is 7.